The van der Waals surface area contributed by atoms with Crippen LogP contribution in [0.15, 0.2) is 17.0 Å². The highest BCUT2D eigenvalue weighted by Crippen LogP contribution is 2.40. The van der Waals surface area contributed by atoms with E-state index < -0.39 is 10.0 Å². The Morgan fingerprint density at radius 2 is 1.52 bits per heavy atom. The summed E-state index contributed by atoms with van der Waals surface area (Å²) in [6.45, 7) is 0.939. The number of benzene rings is 1. The summed E-state index contributed by atoms with van der Waals surface area (Å²) in [5.74, 6) is 0.949. The molecule has 25 heavy (non-hydrogen) atoms. The minimum atomic E-state index is -3.73. The van der Waals surface area contributed by atoms with Gasteiger partial charge in [0.05, 0.1) is 21.3 Å². The van der Waals surface area contributed by atoms with Crippen LogP contribution in [0.4, 0.5) is 0 Å². The predicted octanol–water partition coefficient (Wildman–Crippen LogP) is 1.65. The third-order valence-corrected chi connectivity index (χ3v) is 6.59. The molecule has 3 rings (SSSR count). The zero-order chi connectivity index (χ0) is 17.3. The molecule has 2 fully saturated rings. The highest BCUT2D eigenvalue weighted by atomic mass is 35.5. The lowest BCUT2D eigenvalue weighted by Gasteiger charge is -2.41. The second-order valence-electron chi connectivity index (χ2n) is 6.17. The summed E-state index contributed by atoms with van der Waals surface area (Å²) in [6, 6.07) is 3.56. The Hall–Kier alpha value is -1.22. The van der Waals surface area contributed by atoms with Crippen molar-refractivity contribution >= 4 is 22.4 Å². The molecule has 9 heteroatoms. The molecule has 0 amide bonds. The van der Waals surface area contributed by atoms with Gasteiger partial charge in [0, 0.05) is 37.3 Å². The molecule has 0 saturated carbocycles. The van der Waals surface area contributed by atoms with Gasteiger partial charge in [-0.25, -0.2) is 8.42 Å². The van der Waals surface area contributed by atoms with E-state index in [0.29, 0.717) is 18.8 Å². The standard InChI is InChI=1S/C16H24N2O5S.ClH/c1-21-13-7-14(22-2)16(15(8-13)23-3)24(19,20)18-9-11-5-4-6-12(10-18)17-11;/h7-8,11-12,17H,4-6,9-10H2,1-3H3;1H. The first-order chi connectivity index (χ1) is 11.5. The molecule has 142 valence electrons. The SMILES string of the molecule is COc1cc(OC)c(S(=O)(=O)N2CC3CCCC(C2)N3)c(OC)c1.Cl. The fourth-order valence-electron chi connectivity index (χ4n) is 3.52. The quantitative estimate of drug-likeness (QED) is 0.821. The monoisotopic (exact) mass is 392 g/mol. The Morgan fingerprint density at radius 3 is 1.96 bits per heavy atom. The highest BCUT2D eigenvalue weighted by molar-refractivity contribution is 7.89. The molecule has 0 spiro atoms. The molecule has 0 radical (unpaired) electrons. The fraction of sp³-hybridized carbons (Fsp3) is 0.625. The Bertz CT molecular complexity index is 675. The lowest BCUT2D eigenvalue weighted by Crippen LogP contribution is -2.59. The Labute approximate surface area is 155 Å². The van der Waals surface area contributed by atoms with Crippen molar-refractivity contribution in [3.8, 4) is 17.2 Å². The third kappa shape index (κ3) is 3.81. The van der Waals surface area contributed by atoms with Gasteiger partial charge in [-0.2, -0.15) is 4.31 Å². The third-order valence-electron chi connectivity index (χ3n) is 4.69. The molecule has 0 aromatic heterocycles. The zero-order valence-electron chi connectivity index (χ0n) is 14.6. The summed E-state index contributed by atoms with van der Waals surface area (Å²) in [6.07, 6.45) is 3.14. The summed E-state index contributed by atoms with van der Waals surface area (Å²) in [5, 5.41) is 3.49. The number of piperazine rings is 1. The van der Waals surface area contributed by atoms with E-state index in [-0.39, 0.29) is 40.9 Å². The van der Waals surface area contributed by atoms with Crippen molar-refractivity contribution in [2.24, 2.45) is 0 Å². The van der Waals surface area contributed by atoms with Crippen molar-refractivity contribution < 1.29 is 22.6 Å². The van der Waals surface area contributed by atoms with Crippen LogP contribution < -0.4 is 19.5 Å². The van der Waals surface area contributed by atoms with Gasteiger partial charge < -0.3 is 19.5 Å². The summed E-state index contributed by atoms with van der Waals surface area (Å²) < 4.78 is 43.9. The van der Waals surface area contributed by atoms with E-state index in [0.717, 1.165) is 19.3 Å². The Balaban J connectivity index is 0.00000225. The van der Waals surface area contributed by atoms with Gasteiger partial charge >= 0.3 is 0 Å². The number of hydrogen-bond donors (Lipinski definition) is 1. The molecule has 7 nitrogen and oxygen atoms in total. The maximum Gasteiger partial charge on any atom is 0.250 e. The van der Waals surface area contributed by atoms with Crippen molar-refractivity contribution in [2.75, 3.05) is 34.4 Å². The van der Waals surface area contributed by atoms with E-state index in [2.05, 4.69) is 5.32 Å². The molecule has 2 aliphatic heterocycles. The van der Waals surface area contributed by atoms with Crippen molar-refractivity contribution in [1.82, 2.24) is 9.62 Å². The predicted molar refractivity (Wildman–Crippen MR) is 96.7 cm³/mol. The van der Waals surface area contributed by atoms with Gasteiger partial charge in [0.1, 0.15) is 17.2 Å². The van der Waals surface area contributed by atoms with Crippen molar-refractivity contribution in [2.45, 2.75) is 36.2 Å². The van der Waals surface area contributed by atoms with Crippen LogP contribution in [-0.2, 0) is 10.0 Å². The minimum Gasteiger partial charge on any atom is -0.496 e. The van der Waals surface area contributed by atoms with Crippen LogP contribution in [0.1, 0.15) is 19.3 Å². The number of piperidine rings is 1. The molecule has 2 heterocycles. The lowest BCUT2D eigenvalue weighted by molar-refractivity contribution is 0.189. The first-order valence-electron chi connectivity index (χ1n) is 8.05. The van der Waals surface area contributed by atoms with E-state index in [1.165, 1.54) is 21.3 Å². The van der Waals surface area contributed by atoms with Crippen LogP contribution in [0, 0.1) is 0 Å². The van der Waals surface area contributed by atoms with Crippen LogP contribution in [0.3, 0.4) is 0 Å². The van der Waals surface area contributed by atoms with Gasteiger partial charge in [-0.3, -0.25) is 0 Å². The van der Waals surface area contributed by atoms with Crippen molar-refractivity contribution in [3.05, 3.63) is 12.1 Å². The van der Waals surface area contributed by atoms with Gasteiger partial charge in [0.25, 0.3) is 10.0 Å². The second kappa shape index (κ2) is 7.99. The number of nitrogens with one attached hydrogen (secondary N) is 1. The molecule has 1 N–H and O–H groups in total. The normalized spacial score (nSPS) is 23.5. The molecular weight excluding hydrogens is 368 g/mol. The van der Waals surface area contributed by atoms with E-state index in [9.17, 15) is 8.42 Å². The maximum atomic E-state index is 13.3. The van der Waals surface area contributed by atoms with Gasteiger partial charge in [-0.15, -0.1) is 12.4 Å². The van der Waals surface area contributed by atoms with Crippen molar-refractivity contribution in [1.29, 1.82) is 0 Å². The van der Waals surface area contributed by atoms with Crippen LogP contribution in [0.25, 0.3) is 0 Å². The number of methoxy groups -OCH3 is 3. The number of sulfonamides is 1. The van der Waals surface area contributed by atoms with Crippen LogP contribution >= 0.6 is 12.4 Å². The van der Waals surface area contributed by atoms with Gasteiger partial charge in [-0.05, 0) is 12.8 Å². The number of rotatable bonds is 5. The smallest absolute Gasteiger partial charge is 0.250 e. The van der Waals surface area contributed by atoms with E-state index in [1.807, 2.05) is 0 Å². The fourth-order valence-corrected chi connectivity index (χ4v) is 5.32. The summed E-state index contributed by atoms with van der Waals surface area (Å²) in [4.78, 5) is 0.0632. The molecule has 2 unspecified atom stereocenters. The molecular formula is C16H25ClN2O5S. The maximum absolute atomic E-state index is 13.3. The topological polar surface area (TPSA) is 77.1 Å². The second-order valence-corrected chi connectivity index (χ2v) is 8.05. The summed E-state index contributed by atoms with van der Waals surface area (Å²) >= 11 is 0. The largest absolute Gasteiger partial charge is 0.496 e. The lowest BCUT2D eigenvalue weighted by atomic mass is 9.96. The summed E-state index contributed by atoms with van der Waals surface area (Å²) in [5.41, 5.74) is 0. The number of ether oxygens (including phenoxy) is 3. The van der Waals surface area contributed by atoms with Crippen LogP contribution in [0.2, 0.25) is 0 Å². The van der Waals surface area contributed by atoms with E-state index in [4.69, 9.17) is 14.2 Å². The average Bonchev–Trinajstić information content (AvgIpc) is 2.59. The van der Waals surface area contributed by atoms with Crippen LogP contribution in [0.5, 0.6) is 17.2 Å². The number of hydrogen-bond acceptors (Lipinski definition) is 6. The molecule has 0 aliphatic carbocycles. The molecule has 1 aromatic carbocycles. The van der Waals surface area contributed by atoms with Crippen LogP contribution in [-0.4, -0.2) is 59.2 Å². The van der Waals surface area contributed by atoms with E-state index >= 15 is 0 Å². The highest BCUT2D eigenvalue weighted by Gasteiger charge is 2.39. The molecule has 2 bridgehead atoms. The summed E-state index contributed by atoms with van der Waals surface area (Å²) in [7, 11) is 0.675. The number of nitrogens with zero attached hydrogens (tertiary/aromatic N) is 1. The average molecular weight is 393 g/mol. The van der Waals surface area contributed by atoms with Gasteiger partial charge in [0.2, 0.25) is 0 Å². The molecule has 2 saturated heterocycles. The van der Waals surface area contributed by atoms with Gasteiger partial charge in [0.15, 0.2) is 4.90 Å². The molecule has 1 aromatic rings. The zero-order valence-corrected chi connectivity index (χ0v) is 16.3. The van der Waals surface area contributed by atoms with E-state index in [1.54, 1.807) is 16.4 Å². The van der Waals surface area contributed by atoms with Crippen molar-refractivity contribution in [3.63, 3.8) is 0 Å². The first kappa shape index (κ1) is 20.1. The Kier molecular flexibility index (Phi) is 6.42. The molecule has 2 atom stereocenters. The Morgan fingerprint density at radius 1 is 1.00 bits per heavy atom. The number of halogens is 1. The van der Waals surface area contributed by atoms with Gasteiger partial charge in [-0.1, -0.05) is 6.42 Å². The number of fused-ring (bicyclic) bond motifs is 2. The first-order valence-corrected chi connectivity index (χ1v) is 9.49. The molecule has 2 aliphatic rings. The minimum absolute atomic E-state index is 0.